The average molecular weight is 337 g/mol. The van der Waals surface area contributed by atoms with E-state index in [4.69, 9.17) is 4.74 Å². The minimum Gasteiger partial charge on any atom is -0.463 e. The maximum Gasteiger partial charge on any atom is 0.312 e. The minimum absolute atomic E-state index is 0.0114. The average Bonchev–Trinajstić information content (AvgIpc) is 2.76. The molecule has 4 aliphatic carbocycles. The number of esters is 1. The van der Waals surface area contributed by atoms with Crippen molar-refractivity contribution in [3.8, 4) is 0 Å². The van der Waals surface area contributed by atoms with Crippen LogP contribution in [-0.4, -0.2) is 27.9 Å². The molecule has 2 unspecified atom stereocenters. The molecule has 1 heterocycles. The molecule has 1 aromatic rings. The highest BCUT2D eigenvalue weighted by Crippen LogP contribution is 2.61. The van der Waals surface area contributed by atoms with Crippen molar-refractivity contribution in [3.63, 3.8) is 0 Å². The van der Waals surface area contributed by atoms with Gasteiger partial charge in [-0.15, -0.1) is 0 Å². The number of aromatic nitrogens is 1. The Bertz CT molecular complexity index is 677. The van der Waals surface area contributed by atoms with Gasteiger partial charge in [0.1, 0.15) is 6.61 Å². The SMILES string of the molecule is Cc1csc(=O)n1CCOC(=O)C12CC3CC(CC(O)(C3)C1)C2. The van der Waals surface area contributed by atoms with Crippen molar-refractivity contribution in [1.29, 1.82) is 0 Å². The van der Waals surface area contributed by atoms with E-state index < -0.39 is 11.0 Å². The fourth-order valence-corrected chi connectivity index (χ4v) is 6.27. The van der Waals surface area contributed by atoms with Gasteiger partial charge < -0.3 is 9.84 Å². The second-order valence-corrected chi connectivity index (χ2v) is 8.72. The molecule has 0 aromatic carbocycles. The zero-order valence-corrected chi connectivity index (χ0v) is 14.2. The molecule has 0 aliphatic heterocycles. The zero-order chi connectivity index (χ0) is 16.2. The summed E-state index contributed by atoms with van der Waals surface area (Å²) in [6.45, 7) is 2.52. The monoisotopic (exact) mass is 337 g/mol. The zero-order valence-electron chi connectivity index (χ0n) is 13.4. The summed E-state index contributed by atoms with van der Waals surface area (Å²) in [5.74, 6) is 0.775. The second kappa shape index (κ2) is 5.18. The molecule has 4 saturated carbocycles. The van der Waals surface area contributed by atoms with E-state index >= 15 is 0 Å². The Morgan fingerprint density at radius 3 is 2.65 bits per heavy atom. The first kappa shape index (κ1) is 15.4. The molecule has 4 bridgehead atoms. The fourth-order valence-electron chi connectivity index (χ4n) is 5.51. The third-order valence-corrected chi connectivity index (χ3v) is 6.87. The lowest BCUT2D eigenvalue weighted by Gasteiger charge is -2.58. The van der Waals surface area contributed by atoms with E-state index in [1.807, 2.05) is 12.3 Å². The van der Waals surface area contributed by atoms with Crippen molar-refractivity contribution in [2.24, 2.45) is 17.3 Å². The molecule has 1 aromatic heterocycles. The van der Waals surface area contributed by atoms with Crippen LogP contribution >= 0.6 is 11.3 Å². The van der Waals surface area contributed by atoms with E-state index in [2.05, 4.69) is 0 Å². The summed E-state index contributed by atoms with van der Waals surface area (Å²) in [5.41, 5.74) is -0.225. The lowest BCUT2D eigenvalue weighted by Crippen LogP contribution is -2.58. The summed E-state index contributed by atoms with van der Waals surface area (Å²) < 4.78 is 7.19. The van der Waals surface area contributed by atoms with Gasteiger partial charge in [0.05, 0.1) is 17.6 Å². The first-order chi connectivity index (χ1) is 10.9. The van der Waals surface area contributed by atoms with Crippen LogP contribution in [0.3, 0.4) is 0 Å². The predicted molar refractivity (Wildman–Crippen MR) is 86.3 cm³/mol. The molecule has 1 N–H and O–H groups in total. The molecule has 0 saturated heterocycles. The number of ether oxygens (including phenoxy) is 1. The molecule has 0 amide bonds. The second-order valence-electron chi connectivity index (χ2n) is 7.90. The van der Waals surface area contributed by atoms with Gasteiger partial charge >= 0.3 is 10.8 Å². The standard InChI is InChI=1S/C17H23NO4S/c1-11-9-23-15(20)18(11)2-3-22-14(19)16-5-12-4-13(6-16)8-17(21,7-12)10-16/h9,12-13,21H,2-8,10H2,1H3. The Labute approximate surface area is 139 Å². The Kier molecular flexibility index (Phi) is 3.47. The topological polar surface area (TPSA) is 68.5 Å². The van der Waals surface area contributed by atoms with Gasteiger partial charge in [-0.1, -0.05) is 11.3 Å². The predicted octanol–water partition coefficient (Wildman–Crippen LogP) is 2.09. The van der Waals surface area contributed by atoms with E-state index in [0.717, 1.165) is 37.8 Å². The first-order valence-electron chi connectivity index (χ1n) is 8.44. The highest BCUT2D eigenvalue weighted by molar-refractivity contribution is 7.07. The molecule has 2 atom stereocenters. The first-order valence-corrected chi connectivity index (χ1v) is 9.32. The molecular formula is C17H23NO4S. The van der Waals surface area contributed by atoms with Crippen LogP contribution in [0.2, 0.25) is 0 Å². The molecule has 126 valence electrons. The van der Waals surface area contributed by atoms with Gasteiger partial charge in [0.25, 0.3) is 0 Å². The van der Waals surface area contributed by atoms with E-state index in [1.165, 1.54) is 11.3 Å². The summed E-state index contributed by atoms with van der Waals surface area (Å²) in [7, 11) is 0. The van der Waals surface area contributed by atoms with Crippen LogP contribution in [0.25, 0.3) is 0 Å². The van der Waals surface area contributed by atoms with Crippen molar-refractivity contribution >= 4 is 17.3 Å². The van der Waals surface area contributed by atoms with Crippen LogP contribution in [0.1, 0.15) is 44.2 Å². The summed E-state index contributed by atoms with van der Waals surface area (Å²) in [4.78, 5) is 24.4. The highest BCUT2D eigenvalue weighted by Gasteiger charge is 2.60. The van der Waals surface area contributed by atoms with Crippen LogP contribution in [0.15, 0.2) is 10.2 Å². The third-order valence-electron chi connectivity index (χ3n) is 5.99. The van der Waals surface area contributed by atoms with Crippen molar-refractivity contribution in [1.82, 2.24) is 4.57 Å². The number of hydrogen-bond acceptors (Lipinski definition) is 5. The molecule has 0 spiro atoms. The molecule has 5 nitrogen and oxygen atoms in total. The molecule has 5 rings (SSSR count). The third kappa shape index (κ3) is 2.56. The molecular weight excluding hydrogens is 314 g/mol. The number of hydrogen-bond donors (Lipinski definition) is 1. The van der Waals surface area contributed by atoms with Crippen LogP contribution in [0.4, 0.5) is 0 Å². The Morgan fingerprint density at radius 1 is 1.39 bits per heavy atom. The summed E-state index contributed by atoms with van der Waals surface area (Å²) in [6.07, 6.45) is 5.14. The minimum atomic E-state index is -0.649. The van der Waals surface area contributed by atoms with Gasteiger partial charge in [0, 0.05) is 11.1 Å². The number of aryl methyl sites for hydroxylation is 1. The van der Waals surface area contributed by atoms with Crippen molar-refractivity contribution in [2.45, 2.75) is 57.6 Å². The van der Waals surface area contributed by atoms with Crippen LogP contribution in [0, 0.1) is 24.2 Å². The highest BCUT2D eigenvalue weighted by atomic mass is 32.1. The van der Waals surface area contributed by atoms with Gasteiger partial charge in [-0.3, -0.25) is 14.2 Å². The van der Waals surface area contributed by atoms with E-state index in [0.29, 0.717) is 24.8 Å². The van der Waals surface area contributed by atoms with Crippen molar-refractivity contribution in [3.05, 3.63) is 20.7 Å². The normalized spacial score (nSPS) is 38.0. The molecule has 4 fully saturated rings. The number of rotatable bonds is 4. The number of carbonyl (C=O) groups excluding carboxylic acids is 1. The van der Waals surface area contributed by atoms with Crippen LogP contribution < -0.4 is 4.87 Å². The van der Waals surface area contributed by atoms with Gasteiger partial charge in [-0.25, -0.2) is 0 Å². The van der Waals surface area contributed by atoms with E-state index in [9.17, 15) is 14.7 Å². The number of nitrogens with zero attached hydrogens (tertiary/aromatic N) is 1. The lowest BCUT2D eigenvalue weighted by atomic mass is 9.48. The number of thiazole rings is 1. The smallest absolute Gasteiger partial charge is 0.312 e. The summed E-state index contributed by atoms with van der Waals surface area (Å²) >= 11 is 1.17. The molecule has 23 heavy (non-hydrogen) atoms. The number of carbonyl (C=O) groups is 1. The van der Waals surface area contributed by atoms with Gasteiger partial charge in [-0.05, 0) is 57.3 Å². The Morgan fingerprint density at radius 2 is 2.09 bits per heavy atom. The lowest BCUT2D eigenvalue weighted by molar-refractivity contribution is -0.196. The van der Waals surface area contributed by atoms with Crippen molar-refractivity contribution < 1.29 is 14.6 Å². The van der Waals surface area contributed by atoms with E-state index in [-0.39, 0.29) is 17.4 Å². The van der Waals surface area contributed by atoms with Crippen molar-refractivity contribution in [2.75, 3.05) is 6.61 Å². The van der Waals surface area contributed by atoms with Gasteiger partial charge in [0.15, 0.2) is 0 Å². The van der Waals surface area contributed by atoms with Gasteiger partial charge in [0.2, 0.25) is 0 Å². The molecule has 6 heteroatoms. The maximum atomic E-state index is 12.7. The van der Waals surface area contributed by atoms with Gasteiger partial charge in [-0.2, -0.15) is 0 Å². The van der Waals surface area contributed by atoms with Crippen LogP contribution in [-0.2, 0) is 16.1 Å². The van der Waals surface area contributed by atoms with E-state index in [1.54, 1.807) is 4.57 Å². The Balaban J connectivity index is 1.42. The molecule has 0 radical (unpaired) electrons. The largest absolute Gasteiger partial charge is 0.463 e. The quantitative estimate of drug-likeness (QED) is 0.854. The summed E-state index contributed by atoms with van der Waals surface area (Å²) in [5, 5.41) is 12.5. The Hall–Kier alpha value is -1.14. The fraction of sp³-hybridized carbons (Fsp3) is 0.765. The summed E-state index contributed by atoms with van der Waals surface area (Å²) in [6, 6.07) is 0. The number of aliphatic hydroxyl groups is 1. The van der Waals surface area contributed by atoms with Crippen LogP contribution in [0.5, 0.6) is 0 Å². The molecule has 4 aliphatic rings. The maximum absolute atomic E-state index is 12.7.